The highest BCUT2D eigenvalue weighted by molar-refractivity contribution is 7.80. The summed E-state index contributed by atoms with van der Waals surface area (Å²) in [7, 11) is 0. The van der Waals surface area contributed by atoms with E-state index in [9.17, 15) is 4.79 Å². The third kappa shape index (κ3) is 6.12. The minimum absolute atomic E-state index is 0.213. The molecule has 0 unspecified atom stereocenters. The van der Waals surface area contributed by atoms with E-state index in [0.29, 0.717) is 29.6 Å². The van der Waals surface area contributed by atoms with Gasteiger partial charge in [0.25, 0.3) is 5.91 Å². The molecule has 0 aromatic carbocycles. The zero-order valence-corrected chi connectivity index (χ0v) is 17.5. The Morgan fingerprint density at radius 3 is 2.76 bits per heavy atom. The van der Waals surface area contributed by atoms with E-state index in [1.54, 1.807) is 30.6 Å². The molecular weight excluding hydrogens is 386 g/mol. The number of anilines is 2. The quantitative estimate of drug-likeness (QED) is 0.504. The molecule has 1 aliphatic rings. The van der Waals surface area contributed by atoms with Gasteiger partial charge in [-0.1, -0.05) is 19.8 Å². The number of nitrogens with one attached hydrogen (secondary N) is 2. The highest BCUT2D eigenvalue weighted by Crippen LogP contribution is 2.22. The number of carbonyl (C=O) groups is 1. The zero-order chi connectivity index (χ0) is 20.5. The summed E-state index contributed by atoms with van der Waals surface area (Å²) < 4.78 is 5.60. The smallest absolute Gasteiger partial charge is 0.261 e. The average molecular weight is 414 g/mol. The lowest BCUT2D eigenvalue weighted by molar-refractivity contribution is 0.0978. The number of rotatable bonds is 8. The topological polar surface area (TPSA) is 79.4 Å². The van der Waals surface area contributed by atoms with Crippen molar-refractivity contribution in [2.24, 2.45) is 0 Å². The summed E-state index contributed by atoms with van der Waals surface area (Å²) in [6, 6.07) is 7.13. The molecule has 7 nitrogen and oxygen atoms in total. The van der Waals surface area contributed by atoms with Crippen LogP contribution in [-0.4, -0.2) is 40.7 Å². The van der Waals surface area contributed by atoms with Crippen molar-refractivity contribution in [1.29, 1.82) is 0 Å². The van der Waals surface area contributed by atoms with Gasteiger partial charge in [0, 0.05) is 25.4 Å². The molecule has 2 aromatic rings. The van der Waals surface area contributed by atoms with Crippen molar-refractivity contribution in [2.45, 2.75) is 39.0 Å². The minimum atomic E-state index is -0.277. The van der Waals surface area contributed by atoms with Gasteiger partial charge in [-0.15, -0.1) is 0 Å². The Bertz CT molecular complexity index is 822. The molecule has 1 saturated heterocycles. The third-order valence-electron chi connectivity index (χ3n) is 4.66. The van der Waals surface area contributed by atoms with Crippen LogP contribution >= 0.6 is 12.2 Å². The maximum Gasteiger partial charge on any atom is 0.261 e. The number of hydrogen-bond acceptors (Lipinski definition) is 6. The minimum Gasteiger partial charge on any atom is -0.478 e. The predicted octanol–water partition coefficient (Wildman–Crippen LogP) is 3.77. The standard InChI is InChI=1S/C21H27N5O2S/c1-2-3-6-14-28-18-10-9-16(15-23-18)24-21(29)25-20(27)17-8-7-11-22-19(17)26-12-4-5-13-26/h7-11,15H,2-6,12-14H2,1H3,(H2,24,25,27,29). The van der Waals surface area contributed by atoms with Gasteiger partial charge in [-0.05, 0) is 49.7 Å². The molecule has 3 heterocycles. The van der Waals surface area contributed by atoms with Gasteiger partial charge >= 0.3 is 0 Å². The van der Waals surface area contributed by atoms with Crippen molar-refractivity contribution in [2.75, 3.05) is 29.9 Å². The van der Waals surface area contributed by atoms with Crippen LogP contribution in [0.1, 0.15) is 49.4 Å². The first-order valence-corrected chi connectivity index (χ1v) is 10.5. The molecule has 2 N–H and O–H groups in total. The molecule has 0 radical (unpaired) electrons. The van der Waals surface area contributed by atoms with E-state index in [2.05, 4.69) is 32.4 Å². The van der Waals surface area contributed by atoms with Gasteiger partial charge in [-0.25, -0.2) is 9.97 Å². The number of amides is 1. The second-order valence-electron chi connectivity index (χ2n) is 6.92. The first kappa shape index (κ1) is 21.0. The first-order chi connectivity index (χ1) is 14.2. The van der Waals surface area contributed by atoms with Crippen LogP contribution < -0.4 is 20.3 Å². The third-order valence-corrected chi connectivity index (χ3v) is 4.86. The van der Waals surface area contributed by atoms with Crippen LogP contribution in [0, 0.1) is 0 Å². The SMILES string of the molecule is CCCCCOc1ccc(NC(=S)NC(=O)c2cccnc2N2CCCC2)cn1. The summed E-state index contributed by atoms with van der Waals surface area (Å²) in [6.07, 6.45) is 8.88. The summed E-state index contributed by atoms with van der Waals surface area (Å²) in [6.45, 7) is 4.64. The van der Waals surface area contributed by atoms with Gasteiger partial charge in [0.05, 0.1) is 24.1 Å². The van der Waals surface area contributed by atoms with E-state index in [-0.39, 0.29) is 11.0 Å². The second-order valence-corrected chi connectivity index (χ2v) is 7.33. The molecule has 0 aliphatic carbocycles. The average Bonchev–Trinajstić information content (AvgIpc) is 3.27. The van der Waals surface area contributed by atoms with Crippen LogP contribution in [0.25, 0.3) is 0 Å². The first-order valence-electron chi connectivity index (χ1n) is 10.1. The molecule has 1 fully saturated rings. The maximum absolute atomic E-state index is 12.7. The van der Waals surface area contributed by atoms with Gasteiger partial charge in [-0.2, -0.15) is 0 Å². The van der Waals surface area contributed by atoms with Crippen molar-refractivity contribution in [3.05, 3.63) is 42.2 Å². The fraction of sp³-hybridized carbons (Fsp3) is 0.429. The molecule has 154 valence electrons. The molecule has 1 aliphatic heterocycles. The normalized spacial score (nSPS) is 13.2. The van der Waals surface area contributed by atoms with Crippen molar-refractivity contribution in [3.63, 3.8) is 0 Å². The number of aromatic nitrogens is 2. The Morgan fingerprint density at radius 1 is 1.21 bits per heavy atom. The number of ether oxygens (including phenoxy) is 1. The number of pyridine rings is 2. The fourth-order valence-corrected chi connectivity index (χ4v) is 3.37. The number of unbranched alkanes of at least 4 members (excludes halogenated alkanes) is 2. The number of nitrogens with zero attached hydrogens (tertiary/aromatic N) is 3. The van der Waals surface area contributed by atoms with Crippen molar-refractivity contribution in [1.82, 2.24) is 15.3 Å². The Kier molecular flexibility index (Phi) is 7.75. The lowest BCUT2D eigenvalue weighted by atomic mass is 10.2. The Labute approximate surface area is 176 Å². The Morgan fingerprint density at radius 2 is 2.03 bits per heavy atom. The molecule has 0 bridgehead atoms. The number of thiocarbonyl (C=S) groups is 1. The molecule has 3 rings (SSSR count). The lowest BCUT2D eigenvalue weighted by Gasteiger charge is -2.19. The molecule has 0 spiro atoms. The van der Waals surface area contributed by atoms with Gasteiger partial charge in [0.1, 0.15) is 5.82 Å². The van der Waals surface area contributed by atoms with Gasteiger partial charge < -0.3 is 15.0 Å². The maximum atomic E-state index is 12.7. The molecular formula is C21H27N5O2S. The molecule has 0 atom stereocenters. The van der Waals surface area contributed by atoms with Crippen LogP contribution in [0.5, 0.6) is 5.88 Å². The van der Waals surface area contributed by atoms with E-state index < -0.39 is 0 Å². The molecule has 0 saturated carbocycles. The van der Waals surface area contributed by atoms with Crippen LogP contribution in [-0.2, 0) is 0 Å². The van der Waals surface area contributed by atoms with Crippen molar-refractivity contribution < 1.29 is 9.53 Å². The van der Waals surface area contributed by atoms with E-state index in [1.165, 1.54) is 0 Å². The number of carbonyl (C=O) groups excluding carboxylic acids is 1. The Balaban J connectivity index is 1.54. The van der Waals surface area contributed by atoms with E-state index in [0.717, 1.165) is 45.2 Å². The lowest BCUT2D eigenvalue weighted by Crippen LogP contribution is -2.35. The van der Waals surface area contributed by atoms with Crippen LogP contribution in [0.15, 0.2) is 36.7 Å². The van der Waals surface area contributed by atoms with Crippen LogP contribution in [0.3, 0.4) is 0 Å². The van der Waals surface area contributed by atoms with E-state index in [1.807, 2.05) is 6.07 Å². The van der Waals surface area contributed by atoms with Gasteiger partial charge in [0.2, 0.25) is 5.88 Å². The Hall–Kier alpha value is -2.74. The molecule has 1 amide bonds. The van der Waals surface area contributed by atoms with Crippen LogP contribution in [0.2, 0.25) is 0 Å². The van der Waals surface area contributed by atoms with E-state index in [4.69, 9.17) is 17.0 Å². The fourth-order valence-electron chi connectivity index (χ4n) is 3.16. The van der Waals surface area contributed by atoms with Gasteiger partial charge in [0.15, 0.2) is 5.11 Å². The molecule has 2 aromatic heterocycles. The van der Waals surface area contributed by atoms with Crippen molar-refractivity contribution in [3.8, 4) is 5.88 Å². The predicted molar refractivity (Wildman–Crippen MR) is 119 cm³/mol. The monoisotopic (exact) mass is 413 g/mol. The molecule has 29 heavy (non-hydrogen) atoms. The summed E-state index contributed by atoms with van der Waals surface area (Å²) in [5.74, 6) is 1.00. The van der Waals surface area contributed by atoms with Crippen molar-refractivity contribution >= 4 is 34.7 Å². The summed E-state index contributed by atoms with van der Waals surface area (Å²) in [4.78, 5) is 23.5. The zero-order valence-electron chi connectivity index (χ0n) is 16.7. The number of hydrogen-bond donors (Lipinski definition) is 2. The van der Waals surface area contributed by atoms with Crippen LogP contribution in [0.4, 0.5) is 11.5 Å². The summed E-state index contributed by atoms with van der Waals surface area (Å²) >= 11 is 5.29. The molecule has 8 heteroatoms. The highest BCUT2D eigenvalue weighted by Gasteiger charge is 2.21. The largest absolute Gasteiger partial charge is 0.478 e. The van der Waals surface area contributed by atoms with E-state index >= 15 is 0 Å². The highest BCUT2D eigenvalue weighted by atomic mass is 32.1. The van der Waals surface area contributed by atoms with Gasteiger partial charge in [-0.3, -0.25) is 10.1 Å². The summed E-state index contributed by atoms with van der Waals surface area (Å²) in [5.41, 5.74) is 1.20. The second kappa shape index (κ2) is 10.7. The summed E-state index contributed by atoms with van der Waals surface area (Å²) in [5, 5.41) is 5.92.